The first-order valence-electron chi connectivity index (χ1n) is 5.89. The molecule has 0 aliphatic carbocycles. The van der Waals surface area contributed by atoms with Crippen LogP contribution in [0.4, 0.5) is 0 Å². The Morgan fingerprint density at radius 1 is 1.50 bits per heavy atom. The molecule has 0 saturated carbocycles. The van der Waals surface area contributed by atoms with Crippen molar-refractivity contribution in [2.45, 2.75) is 46.1 Å². The summed E-state index contributed by atoms with van der Waals surface area (Å²) in [4.78, 5) is 11.3. The number of nitrogens with one attached hydrogen (secondary N) is 1. The molecule has 0 aliphatic rings. The number of ether oxygens (including phenoxy) is 1. The molecule has 4 heteroatoms. The summed E-state index contributed by atoms with van der Waals surface area (Å²) in [5.41, 5.74) is 0.0875. The molecule has 0 aromatic carbocycles. The summed E-state index contributed by atoms with van der Waals surface area (Å²) in [6, 6.07) is -0.224. The zero-order chi connectivity index (χ0) is 12.6. The predicted octanol–water partition coefficient (Wildman–Crippen LogP) is 1.33. The third kappa shape index (κ3) is 6.08. The van der Waals surface area contributed by atoms with Crippen LogP contribution >= 0.6 is 0 Å². The quantitative estimate of drug-likeness (QED) is 0.619. The molecular formula is C12H25NO3. The van der Waals surface area contributed by atoms with E-state index in [9.17, 15) is 4.79 Å². The molecule has 0 saturated heterocycles. The number of carbonyl (C=O) groups excluding carboxylic acids is 1. The van der Waals surface area contributed by atoms with E-state index >= 15 is 0 Å². The summed E-state index contributed by atoms with van der Waals surface area (Å²) in [5, 5.41) is 12.0. The molecule has 4 nitrogen and oxygen atoms in total. The molecule has 0 rings (SSSR count). The van der Waals surface area contributed by atoms with Crippen LogP contribution in [0.3, 0.4) is 0 Å². The Kier molecular flexibility index (Phi) is 7.34. The summed E-state index contributed by atoms with van der Waals surface area (Å²) in [6.45, 7) is 7.17. The normalized spacial score (nSPS) is 13.6. The maximum absolute atomic E-state index is 11.3. The van der Waals surface area contributed by atoms with E-state index in [-0.39, 0.29) is 24.0 Å². The molecule has 0 spiro atoms. The van der Waals surface area contributed by atoms with Crippen LogP contribution in [-0.4, -0.2) is 37.4 Å². The SMILES string of the molecule is CCC(NCC(C)(C)CCCO)C(=O)OC. The number of rotatable bonds is 8. The average molecular weight is 231 g/mol. The van der Waals surface area contributed by atoms with Crippen molar-refractivity contribution in [2.24, 2.45) is 5.41 Å². The lowest BCUT2D eigenvalue weighted by atomic mass is 9.87. The molecule has 0 aromatic rings. The smallest absolute Gasteiger partial charge is 0.322 e. The minimum absolute atomic E-state index is 0.0875. The van der Waals surface area contributed by atoms with Crippen molar-refractivity contribution in [2.75, 3.05) is 20.3 Å². The van der Waals surface area contributed by atoms with Gasteiger partial charge in [-0.1, -0.05) is 20.8 Å². The zero-order valence-electron chi connectivity index (χ0n) is 10.9. The number of aliphatic hydroxyl groups excluding tert-OH is 1. The molecule has 0 radical (unpaired) electrons. The maximum atomic E-state index is 11.3. The van der Waals surface area contributed by atoms with E-state index in [1.807, 2.05) is 6.92 Å². The van der Waals surface area contributed by atoms with Gasteiger partial charge in [-0.15, -0.1) is 0 Å². The van der Waals surface area contributed by atoms with E-state index in [0.717, 1.165) is 25.8 Å². The molecule has 0 bridgehead atoms. The van der Waals surface area contributed by atoms with Gasteiger partial charge >= 0.3 is 5.97 Å². The van der Waals surface area contributed by atoms with Crippen LogP contribution in [-0.2, 0) is 9.53 Å². The Morgan fingerprint density at radius 2 is 2.12 bits per heavy atom. The summed E-state index contributed by atoms with van der Waals surface area (Å²) < 4.78 is 4.71. The van der Waals surface area contributed by atoms with Gasteiger partial charge in [0.05, 0.1) is 7.11 Å². The highest BCUT2D eigenvalue weighted by Crippen LogP contribution is 2.21. The van der Waals surface area contributed by atoms with Crippen LogP contribution in [0, 0.1) is 5.41 Å². The van der Waals surface area contributed by atoms with E-state index in [2.05, 4.69) is 19.2 Å². The molecular weight excluding hydrogens is 206 g/mol. The standard InChI is InChI=1S/C12H25NO3/c1-5-10(11(15)16-4)13-9-12(2,3)7-6-8-14/h10,13-14H,5-9H2,1-4H3. The van der Waals surface area contributed by atoms with E-state index in [1.54, 1.807) is 0 Å². The van der Waals surface area contributed by atoms with Gasteiger partial charge in [-0.3, -0.25) is 4.79 Å². The molecule has 16 heavy (non-hydrogen) atoms. The Balaban J connectivity index is 4.04. The van der Waals surface area contributed by atoms with Crippen LogP contribution in [0.2, 0.25) is 0 Å². The van der Waals surface area contributed by atoms with Crippen LogP contribution in [0.25, 0.3) is 0 Å². The van der Waals surface area contributed by atoms with Gasteiger partial charge in [0.2, 0.25) is 0 Å². The average Bonchev–Trinajstić information content (AvgIpc) is 2.26. The summed E-state index contributed by atoms with van der Waals surface area (Å²) in [7, 11) is 1.41. The Hall–Kier alpha value is -0.610. The fraction of sp³-hybridized carbons (Fsp3) is 0.917. The first kappa shape index (κ1) is 15.4. The van der Waals surface area contributed by atoms with Crippen LogP contribution in [0.5, 0.6) is 0 Å². The Labute approximate surface area is 98.4 Å². The Morgan fingerprint density at radius 3 is 2.56 bits per heavy atom. The number of hydrogen-bond donors (Lipinski definition) is 2. The third-order valence-corrected chi connectivity index (χ3v) is 2.73. The number of esters is 1. The second kappa shape index (κ2) is 7.63. The van der Waals surface area contributed by atoms with Crippen molar-refractivity contribution in [3.63, 3.8) is 0 Å². The molecule has 1 atom stereocenters. The van der Waals surface area contributed by atoms with Crippen molar-refractivity contribution in [1.29, 1.82) is 0 Å². The molecule has 0 aromatic heterocycles. The highest BCUT2D eigenvalue weighted by molar-refractivity contribution is 5.75. The lowest BCUT2D eigenvalue weighted by Gasteiger charge is -2.27. The van der Waals surface area contributed by atoms with Gasteiger partial charge < -0.3 is 15.2 Å². The van der Waals surface area contributed by atoms with Crippen LogP contribution in [0.15, 0.2) is 0 Å². The van der Waals surface area contributed by atoms with Crippen molar-refractivity contribution in [3.05, 3.63) is 0 Å². The van der Waals surface area contributed by atoms with Crippen LogP contribution < -0.4 is 5.32 Å². The summed E-state index contributed by atoms with van der Waals surface area (Å²) in [5.74, 6) is -0.208. The maximum Gasteiger partial charge on any atom is 0.322 e. The zero-order valence-corrected chi connectivity index (χ0v) is 10.9. The van der Waals surface area contributed by atoms with Crippen molar-refractivity contribution >= 4 is 5.97 Å². The minimum Gasteiger partial charge on any atom is -0.468 e. The molecule has 96 valence electrons. The molecule has 0 amide bonds. The van der Waals surface area contributed by atoms with Crippen LogP contribution in [0.1, 0.15) is 40.0 Å². The molecule has 1 unspecified atom stereocenters. The van der Waals surface area contributed by atoms with Gasteiger partial charge in [0.1, 0.15) is 6.04 Å². The number of carbonyl (C=O) groups is 1. The number of methoxy groups -OCH3 is 1. The van der Waals surface area contributed by atoms with E-state index in [4.69, 9.17) is 9.84 Å². The first-order chi connectivity index (χ1) is 7.46. The number of hydrogen-bond acceptors (Lipinski definition) is 4. The lowest BCUT2D eigenvalue weighted by molar-refractivity contribution is -0.143. The van der Waals surface area contributed by atoms with Gasteiger partial charge in [-0.2, -0.15) is 0 Å². The highest BCUT2D eigenvalue weighted by atomic mass is 16.5. The van der Waals surface area contributed by atoms with Gasteiger partial charge in [-0.05, 0) is 24.7 Å². The largest absolute Gasteiger partial charge is 0.468 e. The van der Waals surface area contributed by atoms with Crippen molar-refractivity contribution in [3.8, 4) is 0 Å². The van der Waals surface area contributed by atoms with E-state index < -0.39 is 0 Å². The molecule has 0 fully saturated rings. The van der Waals surface area contributed by atoms with Gasteiger partial charge in [0, 0.05) is 13.2 Å². The Bertz CT molecular complexity index is 204. The van der Waals surface area contributed by atoms with Gasteiger partial charge in [-0.25, -0.2) is 0 Å². The lowest BCUT2D eigenvalue weighted by Crippen LogP contribution is -2.42. The van der Waals surface area contributed by atoms with E-state index in [1.165, 1.54) is 7.11 Å². The first-order valence-corrected chi connectivity index (χ1v) is 5.89. The molecule has 0 aliphatic heterocycles. The highest BCUT2D eigenvalue weighted by Gasteiger charge is 2.22. The summed E-state index contributed by atoms with van der Waals surface area (Å²) in [6.07, 6.45) is 2.46. The predicted molar refractivity (Wildman–Crippen MR) is 64.2 cm³/mol. The van der Waals surface area contributed by atoms with Gasteiger partial charge in [0.15, 0.2) is 0 Å². The van der Waals surface area contributed by atoms with Crippen molar-refractivity contribution in [1.82, 2.24) is 5.32 Å². The fourth-order valence-corrected chi connectivity index (χ4v) is 1.58. The second-order valence-electron chi connectivity index (χ2n) is 4.86. The molecule has 2 N–H and O–H groups in total. The second-order valence-corrected chi connectivity index (χ2v) is 4.86. The summed E-state index contributed by atoms with van der Waals surface area (Å²) >= 11 is 0. The van der Waals surface area contributed by atoms with Gasteiger partial charge in [0.25, 0.3) is 0 Å². The van der Waals surface area contributed by atoms with E-state index in [0.29, 0.717) is 0 Å². The minimum atomic E-state index is -0.224. The molecule has 0 heterocycles. The topological polar surface area (TPSA) is 58.6 Å². The van der Waals surface area contributed by atoms with Crippen molar-refractivity contribution < 1.29 is 14.6 Å². The monoisotopic (exact) mass is 231 g/mol. The third-order valence-electron chi connectivity index (χ3n) is 2.73. The fourth-order valence-electron chi connectivity index (χ4n) is 1.58. The number of aliphatic hydroxyl groups is 1.